The summed E-state index contributed by atoms with van der Waals surface area (Å²) in [6.07, 6.45) is 0.176. The fourth-order valence-electron chi connectivity index (χ4n) is 4.58. The first-order valence-electron chi connectivity index (χ1n) is 12.2. The van der Waals surface area contributed by atoms with Crippen LogP contribution in [0, 0.1) is 15.3 Å². The van der Waals surface area contributed by atoms with Crippen molar-refractivity contribution in [3.05, 3.63) is 75.1 Å². The van der Waals surface area contributed by atoms with Crippen LogP contribution in [-0.2, 0) is 20.9 Å². The van der Waals surface area contributed by atoms with Gasteiger partial charge in [-0.15, -0.1) is 0 Å². The van der Waals surface area contributed by atoms with E-state index in [1.165, 1.54) is 12.1 Å². The van der Waals surface area contributed by atoms with Crippen molar-refractivity contribution in [3.8, 4) is 5.75 Å². The third kappa shape index (κ3) is 6.86. The molecule has 37 heavy (non-hydrogen) atoms. The Morgan fingerprint density at radius 2 is 1.95 bits per heavy atom. The molecule has 1 aliphatic carbocycles. The lowest BCUT2D eigenvalue weighted by Gasteiger charge is -2.41. The molecular weight excluding hydrogens is 594 g/mol. The summed E-state index contributed by atoms with van der Waals surface area (Å²) in [6, 6.07) is 12.4. The highest BCUT2D eigenvalue weighted by atomic mass is 127. The Morgan fingerprint density at radius 1 is 1.19 bits per heavy atom. The lowest BCUT2D eigenvalue weighted by atomic mass is 9.87. The highest BCUT2D eigenvalue weighted by molar-refractivity contribution is 14.1. The van der Waals surface area contributed by atoms with Gasteiger partial charge >= 0.3 is 0 Å². The normalized spacial score (nSPS) is 23.3. The van der Waals surface area contributed by atoms with Crippen LogP contribution in [0.25, 0.3) is 0 Å². The number of amides is 2. The van der Waals surface area contributed by atoms with Crippen LogP contribution in [-0.4, -0.2) is 71.5 Å². The number of nitrogens with one attached hydrogen (secondary N) is 1. The van der Waals surface area contributed by atoms with Crippen molar-refractivity contribution in [3.63, 3.8) is 0 Å². The summed E-state index contributed by atoms with van der Waals surface area (Å²) in [5.74, 6) is -0.823. The predicted molar refractivity (Wildman–Crippen MR) is 142 cm³/mol. The molecule has 2 amide bonds. The average Bonchev–Trinajstić information content (AvgIpc) is 3.44. The Morgan fingerprint density at radius 3 is 2.62 bits per heavy atom. The molecule has 4 atom stereocenters. The molecule has 0 spiro atoms. The van der Waals surface area contributed by atoms with E-state index in [0.29, 0.717) is 29.9 Å². The number of carbonyl (C=O) groups excluding carboxylic acids is 2. The number of ether oxygens (including phenoxy) is 2. The third-order valence-corrected chi connectivity index (χ3v) is 7.43. The van der Waals surface area contributed by atoms with Crippen LogP contribution in [0.2, 0.25) is 0 Å². The van der Waals surface area contributed by atoms with Crippen molar-refractivity contribution in [2.24, 2.45) is 5.92 Å². The van der Waals surface area contributed by atoms with Crippen LogP contribution in [0.15, 0.2) is 60.2 Å². The van der Waals surface area contributed by atoms with Gasteiger partial charge < -0.3 is 29.9 Å². The standard InChI is InChI=1S/C27H30FIN2O6/c28-20-7-5-17(6-8-20)15-31(27(35)18-9-12-36-16-18)22-13-19(26(34)30-10-11-32)14-24(25(22)33)37-23-4-2-1-3-21(23)29/h1-8,14,18,22,24-25,32-33H,9-13,15-16H2,(H,30,34)/t18?,22-,24+,25+/m1/s1. The van der Waals surface area contributed by atoms with Crippen LogP contribution in [0.5, 0.6) is 5.75 Å². The van der Waals surface area contributed by atoms with E-state index in [-0.39, 0.29) is 50.4 Å². The fraction of sp³-hybridized carbons (Fsp3) is 0.407. The molecular formula is C27H30FIN2O6. The van der Waals surface area contributed by atoms with Crippen LogP contribution in [0.4, 0.5) is 4.39 Å². The summed E-state index contributed by atoms with van der Waals surface area (Å²) in [4.78, 5) is 28.2. The minimum atomic E-state index is -1.14. The number of aliphatic hydroxyl groups excluding tert-OH is 2. The molecule has 2 aliphatic rings. The van der Waals surface area contributed by atoms with E-state index in [2.05, 4.69) is 27.9 Å². The second kappa shape index (κ2) is 12.8. The van der Waals surface area contributed by atoms with E-state index in [1.807, 2.05) is 18.2 Å². The van der Waals surface area contributed by atoms with E-state index < -0.39 is 24.2 Å². The van der Waals surface area contributed by atoms with Crippen molar-refractivity contribution in [2.75, 3.05) is 26.4 Å². The summed E-state index contributed by atoms with van der Waals surface area (Å²) < 4.78 is 26.0. The van der Waals surface area contributed by atoms with E-state index in [9.17, 15) is 19.1 Å². The quantitative estimate of drug-likeness (QED) is 0.370. The van der Waals surface area contributed by atoms with Gasteiger partial charge in [-0.3, -0.25) is 9.59 Å². The van der Waals surface area contributed by atoms with Gasteiger partial charge in [-0.05, 0) is 64.9 Å². The maximum Gasteiger partial charge on any atom is 0.247 e. The molecule has 4 rings (SSSR count). The van der Waals surface area contributed by atoms with Gasteiger partial charge in [-0.1, -0.05) is 24.3 Å². The molecule has 0 aromatic heterocycles. The molecule has 1 saturated heterocycles. The minimum Gasteiger partial charge on any atom is -0.482 e. The smallest absolute Gasteiger partial charge is 0.247 e. The number of carbonyl (C=O) groups is 2. The maximum atomic E-state index is 13.7. The molecule has 10 heteroatoms. The monoisotopic (exact) mass is 624 g/mol. The number of benzene rings is 2. The van der Waals surface area contributed by atoms with Crippen molar-refractivity contribution in [1.82, 2.24) is 10.2 Å². The van der Waals surface area contributed by atoms with Crippen molar-refractivity contribution < 1.29 is 33.7 Å². The number of aliphatic hydroxyl groups is 2. The van der Waals surface area contributed by atoms with Gasteiger partial charge in [0.15, 0.2) is 0 Å². The average molecular weight is 624 g/mol. The number of hydrogen-bond acceptors (Lipinski definition) is 6. The topological polar surface area (TPSA) is 108 Å². The van der Waals surface area contributed by atoms with Crippen molar-refractivity contribution >= 4 is 34.4 Å². The summed E-state index contributed by atoms with van der Waals surface area (Å²) in [5.41, 5.74) is 1.04. The molecule has 1 heterocycles. The summed E-state index contributed by atoms with van der Waals surface area (Å²) >= 11 is 2.13. The number of para-hydroxylation sites is 1. The van der Waals surface area contributed by atoms with Crippen LogP contribution < -0.4 is 10.1 Å². The highest BCUT2D eigenvalue weighted by Gasteiger charge is 2.42. The Hall–Kier alpha value is -2.54. The Balaban J connectivity index is 1.68. The number of rotatable bonds is 9. The molecule has 1 unspecified atom stereocenters. The highest BCUT2D eigenvalue weighted by Crippen LogP contribution is 2.32. The first-order chi connectivity index (χ1) is 17.9. The van der Waals surface area contributed by atoms with Crippen molar-refractivity contribution in [1.29, 1.82) is 0 Å². The zero-order valence-electron chi connectivity index (χ0n) is 20.2. The van der Waals surface area contributed by atoms with Crippen LogP contribution >= 0.6 is 22.6 Å². The Bertz CT molecular complexity index is 1120. The number of hydrogen-bond donors (Lipinski definition) is 3. The van der Waals surface area contributed by atoms with Gasteiger partial charge in [-0.25, -0.2) is 4.39 Å². The molecule has 2 aromatic rings. The van der Waals surface area contributed by atoms with Gasteiger partial charge in [-0.2, -0.15) is 0 Å². The first-order valence-corrected chi connectivity index (χ1v) is 13.3. The SMILES string of the molecule is O=C(NCCO)C1=C[C@H](Oc2ccccc2I)[C@@H](O)[C@H](N(Cc2ccc(F)cc2)C(=O)C2CCOC2)C1. The van der Waals surface area contributed by atoms with Gasteiger partial charge in [0, 0.05) is 31.7 Å². The van der Waals surface area contributed by atoms with E-state index in [0.717, 1.165) is 3.57 Å². The zero-order valence-corrected chi connectivity index (χ0v) is 22.3. The largest absolute Gasteiger partial charge is 0.482 e. The second-order valence-electron chi connectivity index (χ2n) is 9.10. The van der Waals surface area contributed by atoms with Gasteiger partial charge in [0.1, 0.15) is 23.8 Å². The molecule has 1 aliphatic heterocycles. The summed E-state index contributed by atoms with van der Waals surface area (Å²) in [7, 11) is 0. The van der Waals surface area contributed by atoms with Gasteiger partial charge in [0.2, 0.25) is 11.8 Å². The van der Waals surface area contributed by atoms with Crippen molar-refractivity contribution in [2.45, 2.75) is 37.6 Å². The lowest BCUT2D eigenvalue weighted by molar-refractivity contribution is -0.143. The maximum absolute atomic E-state index is 13.7. The summed E-state index contributed by atoms with van der Waals surface area (Å²) in [5, 5.41) is 23.3. The molecule has 8 nitrogen and oxygen atoms in total. The molecule has 3 N–H and O–H groups in total. The van der Waals surface area contributed by atoms with E-state index in [1.54, 1.807) is 29.2 Å². The fourth-order valence-corrected chi connectivity index (χ4v) is 5.09. The number of halogens is 2. The molecule has 1 fully saturated rings. The zero-order chi connectivity index (χ0) is 26.4. The molecule has 0 radical (unpaired) electrons. The minimum absolute atomic E-state index is 0.0726. The first kappa shape index (κ1) is 27.5. The van der Waals surface area contributed by atoms with Crippen LogP contribution in [0.3, 0.4) is 0 Å². The molecule has 0 bridgehead atoms. The van der Waals surface area contributed by atoms with Gasteiger partial charge in [0.05, 0.1) is 28.7 Å². The number of nitrogens with zero attached hydrogens (tertiary/aromatic N) is 1. The van der Waals surface area contributed by atoms with Crippen LogP contribution in [0.1, 0.15) is 18.4 Å². The Labute approximate surface area is 228 Å². The third-order valence-electron chi connectivity index (χ3n) is 6.54. The lowest BCUT2D eigenvalue weighted by Crippen LogP contribution is -2.56. The summed E-state index contributed by atoms with van der Waals surface area (Å²) in [6.45, 7) is 0.732. The second-order valence-corrected chi connectivity index (χ2v) is 10.3. The van der Waals surface area contributed by atoms with E-state index in [4.69, 9.17) is 14.6 Å². The molecule has 2 aromatic carbocycles. The van der Waals surface area contributed by atoms with Gasteiger partial charge in [0.25, 0.3) is 0 Å². The Kier molecular flexibility index (Phi) is 9.52. The molecule has 198 valence electrons. The van der Waals surface area contributed by atoms with E-state index >= 15 is 0 Å². The predicted octanol–water partition coefficient (Wildman–Crippen LogP) is 2.41. The molecule has 0 saturated carbocycles.